The van der Waals surface area contributed by atoms with E-state index in [0.717, 1.165) is 32.4 Å². The van der Waals surface area contributed by atoms with Crippen LogP contribution in [0.4, 0.5) is 0 Å². The van der Waals surface area contributed by atoms with Crippen molar-refractivity contribution >= 4 is 11.8 Å². The Hall–Kier alpha value is -1.14. The lowest BCUT2D eigenvalue weighted by molar-refractivity contribution is -0.138. The molecule has 22 heavy (non-hydrogen) atoms. The Morgan fingerprint density at radius 3 is 2.64 bits per heavy atom. The van der Waals surface area contributed by atoms with Crippen molar-refractivity contribution < 1.29 is 14.3 Å². The van der Waals surface area contributed by atoms with Gasteiger partial charge in [-0.05, 0) is 52.2 Å². The summed E-state index contributed by atoms with van der Waals surface area (Å²) in [6.07, 6.45) is 3.05. The molecule has 0 aromatic heterocycles. The highest BCUT2D eigenvalue weighted by molar-refractivity contribution is 5.89. The lowest BCUT2D eigenvalue weighted by Gasteiger charge is -2.34. The molecule has 2 amide bonds. The lowest BCUT2D eigenvalue weighted by Crippen LogP contribution is -2.44. The first-order chi connectivity index (χ1) is 10.6. The Labute approximate surface area is 132 Å². The molecule has 3 saturated heterocycles. The van der Waals surface area contributed by atoms with Crippen molar-refractivity contribution in [1.82, 2.24) is 14.7 Å². The topological polar surface area (TPSA) is 53.1 Å². The fourth-order valence-corrected chi connectivity index (χ4v) is 3.95. The zero-order chi connectivity index (χ0) is 15.7. The predicted octanol–water partition coefficient (Wildman–Crippen LogP) is 0.382. The highest BCUT2D eigenvalue weighted by atomic mass is 16.5. The van der Waals surface area contributed by atoms with Crippen molar-refractivity contribution in [2.45, 2.75) is 32.3 Å². The molecule has 6 heteroatoms. The third-order valence-corrected chi connectivity index (χ3v) is 5.39. The van der Waals surface area contributed by atoms with Crippen LogP contribution in [-0.4, -0.2) is 79.1 Å². The van der Waals surface area contributed by atoms with E-state index in [4.69, 9.17) is 4.74 Å². The number of piperidine rings is 1. The van der Waals surface area contributed by atoms with Gasteiger partial charge in [0.25, 0.3) is 0 Å². The zero-order valence-electron chi connectivity index (χ0n) is 13.7. The van der Waals surface area contributed by atoms with Crippen molar-refractivity contribution in [3.63, 3.8) is 0 Å². The van der Waals surface area contributed by atoms with E-state index in [-0.39, 0.29) is 30.4 Å². The Kier molecular flexibility index (Phi) is 4.68. The van der Waals surface area contributed by atoms with Crippen LogP contribution in [0.15, 0.2) is 0 Å². The summed E-state index contributed by atoms with van der Waals surface area (Å²) in [5.74, 6) is 0.600. The Balaban J connectivity index is 1.63. The summed E-state index contributed by atoms with van der Waals surface area (Å²) in [5, 5.41) is 0. The summed E-state index contributed by atoms with van der Waals surface area (Å²) >= 11 is 0. The second-order valence-electron chi connectivity index (χ2n) is 6.80. The maximum Gasteiger partial charge on any atom is 0.243 e. The second-order valence-corrected chi connectivity index (χ2v) is 6.80. The molecule has 0 N–H and O–H groups in total. The second kappa shape index (κ2) is 6.54. The summed E-state index contributed by atoms with van der Waals surface area (Å²) in [6.45, 7) is 6.14. The summed E-state index contributed by atoms with van der Waals surface area (Å²) in [7, 11) is 2.14. The van der Waals surface area contributed by atoms with Gasteiger partial charge in [0.1, 0.15) is 6.54 Å². The number of hydrogen-bond donors (Lipinski definition) is 0. The highest BCUT2D eigenvalue weighted by Gasteiger charge is 2.43. The molecule has 6 nitrogen and oxygen atoms in total. The monoisotopic (exact) mass is 309 g/mol. The minimum absolute atomic E-state index is 0.0481. The van der Waals surface area contributed by atoms with Crippen molar-refractivity contribution in [3.05, 3.63) is 0 Å². The maximum atomic E-state index is 12.8. The van der Waals surface area contributed by atoms with Gasteiger partial charge in [-0.15, -0.1) is 0 Å². The van der Waals surface area contributed by atoms with Gasteiger partial charge in [-0.3, -0.25) is 9.59 Å². The fraction of sp³-hybridized carbons (Fsp3) is 0.875. The molecular weight excluding hydrogens is 282 g/mol. The van der Waals surface area contributed by atoms with Crippen LogP contribution < -0.4 is 0 Å². The molecule has 0 unspecified atom stereocenters. The van der Waals surface area contributed by atoms with Crippen LogP contribution in [0, 0.1) is 11.8 Å². The number of carbonyl (C=O) groups excluding carboxylic acids is 2. The lowest BCUT2D eigenvalue weighted by atomic mass is 9.83. The third kappa shape index (κ3) is 2.99. The molecule has 3 rings (SSSR count). The zero-order valence-corrected chi connectivity index (χ0v) is 13.7. The number of amides is 2. The van der Waals surface area contributed by atoms with Crippen LogP contribution in [0.5, 0.6) is 0 Å². The Morgan fingerprint density at radius 2 is 2.00 bits per heavy atom. The molecule has 0 aromatic rings. The summed E-state index contributed by atoms with van der Waals surface area (Å²) in [4.78, 5) is 30.5. The van der Waals surface area contributed by atoms with Gasteiger partial charge >= 0.3 is 0 Å². The molecule has 3 aliphatic rings. The standard InChI is InChI=1S/C16H27N3O3/c1-3-18-11-19(10-14(18)20)16(21)13-6-9-22-15(13)12-4-7-17(2)8-5-12/h12-13,15H,3-11H2,1-2H3/t13-,15+/m0/s1. The van der Waals surface area contributed by atoms with Gasteiger partial charge in [-0.1, -0.05) is 0 Å². The molecule has 3 heterocycles. The molecule has 0 radical (unpaired) electrons. The van der Waals surface area contributed by atoms with E-state index >= 15 is 0 Å². The molecular formula is C16H27N3O3. The third-order valence-electron chi connectivity index (χ3n) is 5.39. The van der Waals surface area contributed by atoms with E-state index in [1.54, 1.807) is 9.80 Å². The fourth-order valence-electron chi connectivity index (χ4n) is 3.95. The molecule has 0 saturated carbocycles. The number of likely N-dealkylation sites (tertiary alicyclic amines) is 1. The minimum Gasteiger partial charge on any atom is -0.377 e. The largest absolute Gasteiger partial charge is 0.377 e. The van der Waals surface area contributed by atoms with Crippen LogP contribution >= 0.6 is 0 Å². The van der Waals surface area contributed by atoms with E-state index in [1.165, 1.54) is 0 Å². The molecule has 3 fully saturated rings. The van der Waals surface area contributed by atoms with E-state index < -0.39 is 0 Å². The van der Waals surface area contributed by atoms with Crippen LogP contribution in [0.25, 0.3) is 0 Å². The van der Waals surface area contributed by atoms with E-state index in [1.807, 2.05) is 6.92 Å². The SMILES string of the molecule is CCN1CN(C(=O)[C@H]2CCO[C@@H]2C2CCN(C)CC2)CC1=O. The highest BCUT2D eigenvalue weighted by Crippen LogP contribution is 2.34. The predicted molar refractivity (Wildman–Crippen MR) is 82.0 cm³/mol. The number of nitrogens with zero attached hydrogens (tertiary/aromatic N) is 3. The first-order valence-corrected chi connectivity index (χ1v) is 8.47. The van der Waals surface area contributed by atoms with Gasteiger partial charge in [-0.2, -0.15) is 0 Å². The van der Waals surface area contributed by atoms with Gasteiger partial charge < -0.3 is 19.4 Å². The van der Waals surface area contributed by atoms with E-state index in [2.05, 4.69) is 11.9 Å². The molecule has 0 spiro atoms. The van der Waals surface area contributed by atoms with Crippen LogP contribution in [0.2, 0.25) is 0 Å². The van der Waals surface area contributed by atoms with Gasteiger partial charge in [0.2, 0.25) is 11.8 Å². The molecule has 2 atom stereocenters. The smallest absolute Gasteiger partial charge is 0.243 e. The van der Waals surface area contributed by atoms with Crippen molar-refractivity contribution in [2.24, 2.45) is 11.8 Å². The molecule has 0 aromatic carbocycles. The molecule has 3 aliphatic heterocycles. The Morgan fingerprint density at radius 1 is 1.27 bits per heavy atom. The minimum atomic E-state index is -0.0574. The first kappa shape index (κ1) is 15.7. The average molecular weight is 309 g/mol. The molecule has 124 valence electrons. The van der Waals surface area contributed by atoms with E-state index in [9.17, 15) is 9.59 Å². The average Bonchev–Trinajstić information content (AvgIpc) is 3.14. The number of rotatable bonds is 3. The summed E-state index contributed by atoms with van der Waals surface area (Å²) in [5.41, 5.74) is 0. The van der Waals surface area contributed by atoms with Crippen LogP contribution in [0.1, 0.15) is 26.2 Å². The van der Waals surface area contributed by atoms with Crippen LogP contribution in [-0.2, 0) is 14.3 Å². The van der Waals surface area contributed by atoms with Crippen molar-refractivity contribution in [1.29, 1.82) is 0 Å². The number of likely N-dealkylation sites (N-methyl/N-ethyl adjacent to an activating group) is 1. The van der Waals surface area contributed by atoms with Crippen molar-refractivity contribution in [2.75, 3.05) is 46.5 Å². The maximum absolute atomic E-state index is 12.8. The first-order valence-electron chi connectivity index (χ1n) is 8.47. The van der Waals surface area contributed by atoms with Crippen molar-refractivity contribution in [3.8, 4) is 0 Å². The number of ether oxygens (including phenoxy) is 1. The van der Waals surface area contributed by atoms with Gasteiger partial charge in [-0.25, -0.2) is 0 Å². The number of carbonyl (C=O) groups is 2. The summed E-state index contributed by atoms with van der Waals surface area (Å²) in [6, 6.07) is 0. The number of hydrogen-bond acceptors (Lipinski definition) is 4. The van der Waals surface area contributed by atoms with Gasteiger partial charge in [0, 0.05) is 13.2 Å². The summed E-state index contributed by atoms with van der Waals surface area (Å²) < 4.78 is 5.94. The van der Waals surface area contributed by atoms with E-state index in [0.29, 0.717) is 25.7 Å². The quantitative estimate of drug-likeness (QED) is 0.756. The molecule has 0 bridgehead atoms. The van der Waals surface area contributed by atoms with Crippen LogP contribution in [0.3, 0.4) is 0 Å². The Bertz CT molecular complexity index is 434. The van der Waals surface area contributed by atoms with Gasteiger partial charge in [0.15, 0.2) is 0 Å². The molecule has 0 aliphatic carbocycles. The van der Waals surface area contributed by atoms with Gasteiger partial charge in [0.05, 0.1) is 18.7 Å². The normalized spacial score (nSPS) is 31.3.